The number of hydrogen-bond acceptors (Lipinski definition) is 7. The second kappa shape index (κ2) is 26.1. The fourth-order valence-electron chi connectivity index (χ4n) is 5.48. The number of fused-ring (bicyclic) bond motifs is 2. The SMILES string of the molecule is Brc1ccc2c(-c3ccccc3)c(Br)ccc2c1-c1ccccc1.CCOCC.O=S(=O)(Oc1c(Br)ccc2c(OS(=O)(=O)C(F)(F)F)c(Br)ccc12)C(F)(F)F.[Br-].[Mg+2].[c-]1ccccc1. The molecule has 0 fully saturated rings. The Labute approximate surface area is 432 Å². The number of ether oxygens (including phenoxy) is 1. The zero-order valence-corrected chi connectivity index (χ0v) is 44.7. The van der Waals surface area contributed by atoms with E-state index in [1.165, 1.54) is 33.0 Å². The smallest absolute Gasteiger partial charge is 1.00 e. The Bertz CT molecular complexity index is 2640. The number of rotatable bonds is 8. The van der Waals surface area contributed by atoms with Crippen LogP contribution in [0.1, 0.15) is 13.8 Å². The molecule has 7 nitrogen and oxygen atoms in total. The number of alkyl halides is 6. The molecule has 0 unspecified atom stereocenters. The summed E-state index contributed by atoms with van der Waals surface area (Å²) in [5.74, 6) is -1.87. The molecular weight excluding hydrogens is 1240 g/mol. The normalized spacial score (nSPS) is 11.3. The molecule has 0 aromatic heterocycles. The summed E-state index contributed by atoms with van der Waals surface area (Å²) in [7, 11) is -12.3. The fourth-order valence-corrected chi connectivity index (χ4v) is 8.68. The Morgan fingerprint density at radius 2 is 0.785 bits per heavy atom. The van der Waals surface area contributed by atoms with Gasteiger partial charge in [-0.05, 0) is 104 Å². The van der Waals surface area contributed by atoms with Crippen molar-refractivity contribution in [1.29, 1.82) is 0 Å². The Hall–Kier alpha value is -2.73. The van der Waals surface area contributed by atoms with E-state index in [0.29, 0.717) is 0 Å². The van der Waals surface area contributed by atoms with E-state index in [-0.39, 0.29) is 49.0 Å². The third-order valence-corrected chi connectivity index (χ3v) is 12.7. The van der Waals surface area contributed by atoms with E-state index >= 15 is 0 Å². The summed E-state index contributed by atoms with van der Waals surface area (Å²) in [4.78, 5) is 0. The number of halogens is 11. The third kappa shape index (κ3) is 15.6. The summed E-state index contributed by atoms with van der Waals surface area (Å²) in [6.07, 6.45) is 0. The van der Waals surface area contributed by atoms with Crippen LogP contribution in [0.15, 0.2) is 157 Å². The van der Waals surface area contributed by atoms with Gasteiger partial charge in [0.2, 0.25) is 0 Å². The van der Waals surface area contributed by atoms with Crippen LogP contribution in [-0.4, -0.2) is 64.1 Å². The first kappa shape index (κ1) is 58.4. The molecule has 342 valence electrons. The molecule has 0 heterocycles. The van der Waals surface area contributed by atoms with Gasteiger partial charge >= 0.3 is 54.3 Å². The summed E-state index contributed by atoms with van der Waals surface area (Å²) in [6, 6.07) is 46.1. The van der Waals surface area contributed by atoms with Crippen LogP contribution in [0.2, 0.25) is 0 Å². The Kier molecular flexibility index (Phi) is 23.5. The van der Waals surface area contributed by atoms with Crippen LogP contribution in [0.25, 0.3) is 43.8 Å². The average Bonchev–Trinajstić information content (AvgIpc) is 3.24. The summed E-state index contributed by atoms with van der Waals surface area (Å²) in [5, 5.41) is 1.55. The van der Waals surface area contributed by atoms with Crippen molar-refractivity contribution in [3.05, 3.63) is 163 Å². The summed E-state index contributed by atoms with van der Waals surface area (Å²) < 4.78 is 135. The maximum atomic E-state index is 12.6. The van der Waals surface area contributed by atoms with Gasteiger partial charge in [-0.2, -0.15) is 79.6 Å². The van der Waals surface area contributed by atoms with Gasteiger partial charge in [0.1, 0.15) is 0 Å². The molecule has 0 bridgehead atoms. The average molecular weight is 1280 g/mol. The van der Waals surface area contributed by atoms with E-state index in [2.05, 4.69) is 163 Å². The molecule has 0 saturated heterocycles. The van der Waals surface area contributed by atoms with E-state index in [4.69, 9.17) is 4.74 Å². The van der Waals surface area contributed by atoms with Crippen LogP contribution in [0.4, 0.5) is 26.3 Å². The van der Waals surface area contributed by atoms with Crippen LogP contribution in [0.5, 0.6) is 11.5 Å². The van der Waals surface area contributed by atoms with Crippen molar-refractivity contribution in [1.82, 2.24) is 0 Å². The maximum absolute atomic E-state index is 12.6. The Balaban J connectivity index is 0.000000354. The molecule has 0 N–H and O–H groups in total. The molecular formula is C44H33Br5F6MgO7S2. The van der Waals surface area contributed by atoms with E-state index in [9.17, 15) is 43.2 Å². The first-order valence-corrected chi connectivity index (χ1v) is 24.1. The van der Waals surface area contributed by atoms with Crippen molar-refractivity contribution in [2.45, 2.75) is 24.9 Å². The van der Waals surface area contributed by atoms with Crippen molar-refractivity contribution in [2.24, 2.45) is 0 Å². The Morgan fingerprint density at radius 3 is 1.05 bits per heavy atom. The molecule has 7 aromatic rings. The number of benzene rings is 7. The molecule has 0 atom stereocenters. The zero-order valence-electron chi connectivity index (χ0n) is 33.7. The van der Waals surface area contributed by atoms with E-state index in [1.54, 1.807) is 0 Å². The molecule has 21 heteroatoms. The molecule has 0 aliphatic carbocycles. The van der Waals surface area contributed by atoms with E-state index in [1.807, 2.05) is 44.2 Å². The first-order chi connectivity index (χ1) is 29.6. The fraction of sp³-hybridized carbons (Fsp3) is 0.136. The second-order valence-corrected chi connectivity index (χ2v) is 18.8. The van der Waals surface area contributed by atoms with Gasteiger partial charge in [0.05, 0.1) is 8.95 Å². The van der Waals surface area contributed by atoms with Crippen molar-refractivity contribution in [3.63, 3.8) is 0 Å². The van der Waals surface area contributed by atoms with Gasteiger partial charge in [-0.1, -0.05) is 105 Å². The monoisotopic (exact) mass is 1270 g/mol. The van der Waals surface area contributed by atoms with Crippen LogP contribution in [0.3, 0.4) is 0 Å². The minimum absolute atomic E-state index is 0. The molecule has 7 aromatic carbocycles. The zero-order chi connectivity index (χ0) is 46.6. The minimum Gasteiger partial charge on any atom is -1.00 e. The van der Waals surface area contributed by atoms with Crippen LogP contribution >= 0.6 is 63.7 Å². The maximum Gasteiger partial charge on any atom is 2.00 e. The molecule has 65 heavy (non-hydrogen) atoms. The van der Waals surface area contributed by atoms with E-state index in [0.717, 1.165) is 46.4 Å². The molecule has 0 spiro atoms. The molecule has 0 radical (unpaired) electrons. The molecule has 0 aliphatic rings. The summed E-state index contributed by atoms with van der Waals surface area (Å²) in [5.41, 5.74) is -6.67. The van der Waals surface area contributed by atoms with Gasteiger partial charge in [0, 0.05) is 44.1 Å². The van der Waals surface area contributed by atoms with Gasteiger partial charge < -0.3 is 30.1 Å². The van der Waals surface area contributed by atoms with Gasteiger partial charge in [0.15, 0.2) is 11.5 Å². The van der Waals surface area contributed by atoms with E-state index < -0.39 is 53.5 Å². The molecule has 0 amide bonds. The predicted molar refractivity (Wildman–Crippen MR) is 254 cm³/mol. The first-order valence-electron chi connectivity index (χ1n) is 18.1. The summed E-state index contributed by atoms with van der Waals surface area (Å²) in [6.45, 7) is 5.67. The van der Waals surface area contributed by atoms with Crippen molar-refractivity contribution in [3.8, 4) is 33.8 Å². The van der Waals surface area contributed by atoms with Gasteiger partial charge in [0.25, 0.3) is 0 Å². The minimum atomic E-state index is -6.13. The standard InChI is InChI=1S/C22H14Br2.C12H4Br2F6O6S2.C6H5.C4H10O.BrH.Mg/c23-19-13-12-18-17(21(19)15-7-3-1-4-8-15)11-14-20(24)22(18)16-9-5-2-6-10-16;13-7-3-1-5-6(10(7)26-28(23,24)12(18,19)20)2-4-8(14)9(5)25-27(21,22)11(15,16)17;1-2-4-6-5-3-1;1-3-5-4-2;;/h1-14H;1-4H;1-5H;3-4H2,1-2H3;1H;/q;;-1;;;+2/p-1. The van der Waals surface area contributed by atoms with Crippen molar-refractivity contribution >= 4 is 129 Å². The van der Waals surface area contributed by atoms with Crippen LogP contribution < -0.4 is 25.3 Å². The van der Waals surface area contributed by atoms with Crippen molar-refractivity contribution in [2.75, 3.05) is 13.2 Å². The van der Waals surface area contributed by atoms with Gasteiger partial charge in [-0.15, -0.1) is 0 Å². The third-order valence-electron chi connectivity index (χ3n) is 8.20. The molecule has 0 aliphatic heterocycles. The van der Waals surface area contributed by atoms with Crippen molar-refractivity contribution < 1.29 is 73.3 Å². The Morgan fingerprint density at radius 1 is 0.477 bits per heavy atom. The summed E-state index contributed by atoms with van der Waals surface area (Å²) >= 11 is 13.0. The molecule has 7 rings (SSSR count). The number of hydrogen-bond donors (Lipinski definition) is 0. The predicted octanol–water partition coefficient (Wildman–Crippen LogP) is 11.7. The molecule has 0 saturated carbocycles. The largest absolute Gasteiger partial charge is 2.00 e. The van der Waals surface area contributed by atoms with Crippen LogP contribution in [-0.2, 0) is 25.0 Å². The van der Waals surface area contributed by atoms with Crippen LogP contribution in [0, 0.1) is 6.07 Å². The topological polar surface area (TPSA) is 96.0 Å². The quantitative estimate of drug-likeness (QED) is 0.0492. The van der Waals surface area contributed by atoms with Gasteiger partial charge in [-0.25, -0.2) is 0 Å². The van der Waals surface area contributed by atoms with Gasteiger partial charge in [-0.3, -0.25) is 0 Å². The second-order valence-electron chi connectivity index (χ2n) is 12.3.